The van der Waals surface area contributed by atoms with Gasteiger partial charge in [-0.2, -0.15) is 0 Å². The van der Waals surface area contributed by atoms with Gasteiger partial charge in [-0.15, -0.1) is 0 Å². The van der Waals surface area contributed by atoms with Crippen LogP contribution in [0, 0.1) is 13.8 Å². The third-order valence-corrected chi connectivity index (χ3v) is 5.70. The number of fused-ring (bicyclic) bond motifs is 1. The molecule has 2 aromatic rings. The fraction of sp³-hybridized carbons (Fsp3) is 0.524. The van der Waals surface area contributed by atoms with Gasteiger partial charge in [0.25, 0.3) is 5.56 Å². The Morgan fingerprint density at radius 2 is 1.96 bits per heavy atom. The highest BCUT2D eigenvalue weighted by atomic mass is 32.1. The lowest BCUT2D eigenvalue weighted by molar-refractivity contribution is 0.0357. The smallest absolute Gasteiger partial charge is 0.253 e. The van der Waals surface area contributed by atoms with Crippen molar-refractivity contribution in [3.8, 4) is 0 Å². The number of morpholine rings is 1. The normalized spacial score (nSPS) is 15.0. The van der Waals surface area contributed by atoms with Crippen molar-refractivity contribution in [1.29, 1.82) is 0 Å². The highest BCUT2D eigenvalue weighted by Gasteiger charge is 2.16. The van der Waals surface area contributed by atoms with Gasteiger partial charge in [-0.1, -0.05) is 0 Å². The van der Waals surface area contributed by atoms with Gasteiger partial charge in [0, 0.05) is 43.8 Å². The maximum absolute atomic E-state index is 12.7. The Morgan fingerprint density at radius 3 is 2.68 bits per heavy atom. The van der Waals surface area contributed by atoms with Gasteiger partial charge < -0.3 is 19.9 Å². The molecular weight excluding hydrogens is 372 g/mol. The average Bonchev–Trinajstić information content (AvgIpc) is 2.68. The molecule has 2 N–H and O–H groups in total. The largest absolute Gasteiger partial charge is 0.379 e. The minimum atomic E-state index is -0.0496. The number of pyridine rings is 1. The van der Waals surface area contributed by atoms with Crippen LogP contribution in [0.4, 0.5) is 0 Å². The Hall–Kier alpha value is -1.96. The molecule has 6 nitrogen and oxygen atoms in total. The standard InChI is InChI=1S/C21H30N4O2S/c1-4-22-21(28)25(6-5-24-7-9-27-10-8-24)14-18-13-17-11-15(2)16(3)12-19(17)23-20(18)26/h11-13H,4-10,14H2,1-3H3,(H,22,28)(H,23,26). The van der Waals surface area contributed by atoms with E-state index in [0.29, 0.717) is 11.7 Å². The number of ether oxygens (including phenoxy) is 1. The molecule has 0 unspecified atom stereocenters. The zero-order valence-electron chi connectivity index (χ0n) is 17.0. The number of aromatic amines is 1. The Labute approximate surface area is 171 Å². The van der Waals surface area contributed by atoms with E-state index in [2.05, 4.69) is 40.0 Å². The van der Waals surface area contributed by atoms with E-state index >= 15 is 0 Å². The second-order valence-electron chi connectivity index (χ2n) is 7.36. The van der Waals surface area contributed by atoms with Crippen LogP contribution < -0.4 is 10.9 Å². The first-order valence-corrected chi connectivity index (χ1v) is 10.3. The number of nitrogens with one attached hydrogen (secondary N) is 2. The number of aromatic nitrogens is 1. The van der Waals surface area contributed by atoms with Gasteiger partial charge in [0.15, 0.2) is 5.11 Å². The van der Waals surface area contributed by atoms with Crippen LogP contribution in [0.3, 0.4) is 0 Å². The summed E-state index contributed by atoms with van der Waals surface area (Å²) in [5, 5.41) is 4.97. The van der Waals surface area contributed by atoms with Crippen LogP contribution >= 0.6 is 12.2 Å². The van der Waals surface area contributed by atoms with Crippen LogP contribution in [0.2, 0.25) is 0 Å². The Kier molecular flexibility index (Phi) is 7.04. The van der Waals surface area contributed by atoms with Crippen molar-refractivity contribution in [2.45, 2.75) is 27.3 Å². The summed E-state index contributed by atoms with van der Waals surface area (Å²) in [4.78, 5) is 20.2. The van der Waals surface area contributed by atoms with E-state index in [-0.39, 0.29) is 5.56 Å². The summed E-state index contributed by atoms with van der Waals surface area (Å²) in [5.74, 6) is 0. The molecule has 0 saturated carbocycles. The lowest BCUT2D eigenvalue weighted by Gasteiger charge is -2.31. The number of hydrogen-bond donors (Lipinski definition) is 2. The molecule has 0 atom stereocenters. The minimum Gasteiger partial charge on any atom is -0.379 e. The molecule has 1 aliphatic rings. The Balaban J connectivity index is 1.80. The number of rotatable bonds is 6. The van der Waals surface area contributed by atoms with Crippen LogP contribution in [0.25, 0.3) is 10.9 Å². The van der Waals surface area contributed by atoms with Crippen LogP contribution in [0.1, 0.15) is 23.6 Å². The fourth-order valence-electron chi connectivity index (χ4n) is 3.45. The van der Waals surface area contributed by atoms with Crippen LogP contribution in [0.5, 0.6) is 0 Å². The summed E-state index contributed by atoms with van der Waals surface area (Å²) in [6.45, 7) is 12.6. The highest BCUT2D eigenvalue weighted by Crippen LogP contribution is 2.18. The number of H-pyrrole nitrogens is 1. The molecule has 1 aromatic carbocycles. The molecule has 0 aliphatic carbocycles. The molecular formula is C21H30N4O2S. The summed E-state index contributed by atoms with van der Waals surface area (Å²) in [5.41, 5.74) is 3.96. The fourth-order valence-corrected chi connectivity index (χ4v) is 3.75. The van der Waals surface area contributed by atoms with Crippen molar-refractivity contribution < 1.29 is 4.74 Å². The molecule has 0 amide bonds. The summed E-state index contributed by atoms with van der Waals surface area (Å²) in [6.07, 6.45) is 0. The van der Waals surface area contributed by atoms with E-state index < -0.39 is 0 Å². The average molecular weight is 403 g/mol. The number of nitrogens with zero attached hydrogens (tertiary/aromatic N) is 2. The minimum absolute atomic E-state index is 0.0496. The Bertz CT molecular complexity index is 890. The third-order valence-electron chi connectivity index (χ3n) is 5.30. The molecule has 1 aromatic heterocycles. The first-order chi connectivity index (χ1) is 13.5. The molecule has 2 heterocycles. The second kappa shape index (κ2) is 9.49. The quantitative estimate of drug-likeness (QED) is 0.723. The maximum atomic E-state index is 12.7. The lowest BCUT2D eigenvalue weighted by atomic mass is 10.0. The summed E-state index contributed by atoms with van der Waals surface area (Å²) < 4.78 is 5.42. The molecule has 28 heavy (non-hydrogen) atoms. The van der Waals surface area contributed by atoms with Crippen LogP contribution in [0.15, 0.2) is 23.0 Å². The van der Waals surface area contributed by atoms with E-state index in [9.17, 15) is 4.79 Å². The zero-order chi connectivity index (χ0) is 20.1. The Morgan fingerprint density at radius 1 is 1.25 bits per heavy atom. The van der Waals surface area contributed by atoms with Crippen molar-refractivity contribution >= 4 is 28.2 Å². The van der Waals surface area contributed by atoms with Gasteiger partial charge in [0.2, 0.25) is 0 Å². The maximum Gasteiger partial charge on any atom is 0.253 e. The first kappa shape index (κ1) is 20.8. The lowest BCUT2D eigenvalue weighted by Crippen LogP contribution is -2.46. The van der Waals surface area contributed by atoms with Gasteiger partial charge in [0.05, 0.1) is 19.8 Å². The molecule has 1 saturated heterocycles. The van der Waals surface area contributed by atoms with Crippen molar-refractivity contribution in [3.63, 3.8) is 0 Å². The number of thiocarbonyl (C=S) groups is 1. The molecule has 0 radical (unpaired) electrons. The molecule has 1 fully saturated rings. The van der Waals surface area contributed by atoms with E-state index in [1.165, 1.54) is 11.1 Å². The van der Waals surface area contributed by atoms with Crippen molar-refractivity contribution in [2.75, 3.05) is 45.9 Å². The van der Waals surface area contributed by atoms with Gasteiger partial charge in [-0.25, -0.2) is 0 Å². The predicted molar refractivity (Wildman–Crippen MR) is 118 cm³/mol. The molecule has 7 heteroatoms. The molecule has 0 spiro atoms. The van der Waals surface area contributed by atoms with Gasteiger partial charge in [-0.05, 0) is 67.7 Å². The van der Waals surface area contributed by atoms with Crippen LogP contribution in [-0.2, 0) is 11.3 Å². The van der Waals surface area contributed by atoms with E-state index in [1.807, 2.05) is 19.1 Å². The van der Waals surface area contributed by atoms with Crippen molar-refractivity contribution in [2.24, 2.45) is 0 Å². The van der Waals surface area contributed by atoms with Gasteiger partial charge in [0.1, 0.15) is 0 Å². The SMILES string of the molecule is CCNC(=S)N(CCN1CCOCC1)Cc1cc2cc(C)c(C)cc2[nH]c1=O. The molecule has 152 valence electrons. The monoisotopic (exact) mass is 402 g/mol. The first-order valence-electron chi connectivity index (χ1n) is 9.94. The van der Waals surface area contributed by atoms with Crippen molar-refractivity contribution in [3.05, 3.63) is 45.2 Å². The number of aryl methyl sites for hydroxylation is 2. The molecule has 0 bridgehead atoms. The third kappa shape index (κ3) is 5.10. The molecule has 1 aliphatic heterocycles. The predicted octanol–water partition coefficient (Wildman–Crippen LogP) is 2.17. The topological polar surface area (TPSA) is 60.6 Å². The van der Waals surface area contributed by atoms with E-state index in [1.54, 1.807) is 0 Å². The van der Waals surface area contributed by atoms with E-state index in [0.717, 1.165) is 62.4 Å². The zero-order valence-corrected chi connectivity index (χ0v) is 17.8. The van der Waals surface area contributed by atoms with Gasteiger partial charge >= 0.3 is 0 Å². The molecule has 3 rings (SSSR count). The summed E-state index contributed by atoms with van der Waals surface area (Å²) in [7, 11) is 0. The van der Waals surface area contributed by atoms with Crippen LogP contribution in [-0.4, -0.2) is 65.8 Å². The van der Waals surface area contributed by atoms with Gasteiger partial charge in [-0.3, -0.25) is 9.69 Å². The highest BCUT2D eigenvalue weighted by molar-refractivity contribution is 7.80. The van der Waals surface area contributed by atoms with E-state index in [4.69, 9.17) is 17.0 Å². The summed E-state index contributed by atoms with van der Waals surface area (Å²) in [6, 6.07) is 6.16. The number of benzene rings is 1. The number of hydrogen-bond acceptors (Lipinski definition) is 4. The second-order valence-corrected chi connectivity index (χ2v) is 7.75. The van der Waals surface area contributed by atoms with Crippen molar-refractivity contribution in [1.82, 2.24) is 20.1 Å². The summed E-state index contributed by atoms with van der Waals surface area (Å²) >= 11 is 5.58.